The third-order valence-corrected chi connectivity index (χ3v) is 1.35. The first-order valence-corrected chi connectivity index (χ1v) is 3.05. The lowest BCUT2D eigenvalue weighted by molar-refractivity contribution is 1.16. The lowest BCUT2D eigenvalue weighted by atomic mass is 10.3. The zero-order chi connectivity index (χ0) is 6.97. The van der Waals surface area contributed by atoms with E-state index in [1.54, 1.807) is 6.21 Å². The molecule has 0 saturated heterocycles. The van der Waals surface area contributed by atoms with Crippen LogP contribution in [-0.4, -0.2) is 30.3 Å². The normalized spacial score (nSPS) is 27.9. The van der Waals surface area contributed by atoms with Gasteiger partial charge < -0.3 is 0 Å². The third-order valence-electron chi connectivity index (χ3n) is 1.35. The maximum Gasteiger partial charge on any atom is 0.162 e. The highest BCUT2D eigenvalue weighted by atomic mass is 15.1. The fourth-order valence-electron chi connectivity index (χ4n) is 0.938. The van der Waals surface area contributed by atoms with Crippen molar-refractivity contribution >= 4 is 24.2 Å². The Hall–Kier alpha value is -1.32. The molecule has 50 valence electrons. The summed E-state index contributed by atoms with van der Waals surface area (Å²) in [5, 5.41) is 0. The second-order valence-electron chi connectivity index (χ2n) is 2.13. The van der Waals surface area contributed by atoms with Crippen LogP contribution in [0.4, 0.5) is 0 Å². The van der Waals surface area contributed by atoms with Gasteiger partial charge >= 0.3 is 0 Å². The molecule has 0 radical (unpaired) electrons. The second-order valence-corrected chi connectivity index (χ2v) is 2.13. The predicted molar refractivity (Wildman–Crippen MR) is 41.3 cm³/mol. The summed E-state index contributed by atoms with van der Waals surface area (Å²) >= 11 is 0. The van der Waals surface area contributed by atoms with Gasteiger partial charge in [0.1, 0.15) is 18.2 Å². The third kappa shape index (κ3) is 0.689. The van der Waals surface area contributed by atoms with E-state index in [-0.39, 0.29) is 6.04 Å². The molecule has 0 aromatic carbocycles. The molecule has 0 amide bonds. The average molecular weight is 134 g/mol. The molecule has 2 rings (SSSR count). The highest BCUT2D eigenvalue weighted by molar-refractivity contribution is 6.16. The van der Waals surface area contributed by atoms with E-state index in [0.29, 0.717) is 0 Å². The van der Waals surface area contributed by atoms with Crippen LogP contribution in [-0.2, 0) is 0 Å². The van der Waals surface area contributed by atoms with Gasteiger partial charge in [0.2, 0.25) is 0 Å². The van der Waals surface area contributed by atoms with Gasteiger partial charge in [0, 0.05) is 6.21 Å². The second kappa shape index (κ2) is 1.83. The fraction of sp³-hybridized carbons (Fsp3) is 0.333. The summed E-state index contributed by atoms with van der Waals surface area (Å²) in [5.74, 6) is 1.54. The lowest BCUT2D eigenvalue weighted by Gasteiger charge is -2.01. The van der Waals surface area contributed by atoms with Gasteiger partial charge in [0.15, 0.2) is 5.84 Å². The molecule has 2 heterocycles. The molecule has 0 N–H and O–H groups in total. The highest BCUT2D eigenvalue weighted by Gasteiger charge is 2.19. The first-order chi connectivity index (χ1) is 4.86. The Kier molecular flexibility index (Phi) is 1.00. The molecule has 0 spiro atoms. The Labute approximate surface area is 58.1 Å². The largest absolute Gasteiger partial charge is 0.253 e. The van der Waals surface area contributed by atoms with Crippen molar-refractivity contribution in [3.8, 4) is 0 Å². The maximum atomic E-state index is 4.16. The van der Waals surface area contributed by atoms with Crippen LogP contribution >= 0.6 is 0 Å². The van der Waals surface area contributed by atoms with E-state index in [1.165, 1.54) is 6.34 Å². The summed E-state index contributed by atoms with van der Waals surface area (Å²) < 4.78 is 0. The van der Waals surface area contributed by atoms with Crippen LogP contribution in [0.2, 0.25) is 0 Å². The smallest absolute Gasteiger partial charge is 0.162 e. The SMILES string of the molecule is CC1=N[C@@H]2C=NC=NC2=N1. The molecule has 10 heavy (non-hydrogen) atoms. The van der Waals surface area contributed by atoms with Crippen molar-refractivity contribution in [2.45, 2.75) is 13.0 Å². The number of hydrogen-bond acceptors (Lipinski definition) is 4. The first-order valence-electron chi connectivity index (χ1n) is 3.05. The summed E-state index contributed by atoms with van der Waals surface area (Å²) in [5.41, 5.74) is 0. The molecule has 1 atom stereocenters. The molecule has 0 aromatic rings. The summed E-state index contributed by atoms with van der Waals surface area (Å²) in [4.78, 5) is 16.1. The Balaban J connectivity index is 2.40. The van der Waals surface area contributed by atoms with Crippen LogP contribution in [0.25, 0.3) is 0 Å². The van der Waals surface area contributed by atoms with E-state index in [4.69, 9.17) is 0 Å². The zero-order valence-electron chi connectivity index (χ0n) is 5.52. The van der Waals surface area contributed by atoms with Gasteiger partial charge in [-0.25, -0.2) is 15.0 Å². The standard InChI is InChI=1S/C6H6N4/c1-4-9-5-2-7-3-8-6(5)10-4/h2-3,5H,1H3/t5-/m1/s1. The minimum atomic E-state index is -0.00926. The van der Waals surface area contributed by atoms with Crippen LogP contribution < -0.4 is 0 Å². The Morgan fingerprint density at radius 1 is 1.50 bits per heavy atom. The number of rotatable bonds is 0. The molecule has 0 unspecified atom stereocenters. The Morgan fingerprint density at radius 2 is 2.40 bits per heavy atom. The van der Waals surface area contributed by atoms with Gasteiger partial charge in [-0.15, -0.1) is 0 Å². The van der Waals surface area contributed by atoms with Crippen molar-refractivity contribution in [3.05, 3.63) is 0 Å². The molecule has 0 fully saturated rings. The number of fused-ring (bicyclic) bond motifs is 1. The van der Waals surface area contributed by atoms with E-state index in [2.05, 4.69) is 20.0 Å². The van der Waals surface area contributed by atoms with Crippen molar-refractivity contribution in [2.24, 2.45) is 20.0 Å². The van der Waals surface area contributed by atoms with Crippen molar-refractivity contribution < 1.29 is 0 Å². The number of hydrogen-bond donors (Lipinski definition) is 0. The van der Waals surface area contributed by atoms with Crippen LogP contribution in [0, 0.1) is 0 Å². The molecule has 4 nitrogen and oxygen atoms in total. The van der Waals surface area contributed by atoms with E-state index in [0.717, 1.165) is 11.7 Å². The van der Waals surface area contributed by atoms with Crippen LogP contribution in [0.1, 0.15) is 6.92 Å². The van der Waals surface area contributed by atoms with Gasteiger partial charge in [-0.3, -0.25) is 4.99 Å². The predicted octanol–water partition coefficient (Wildman–Crippen LogP) is 0.298. The number of amidine groups is 2. The minimum absolute atomic E-state index is 0.00926. The monoisotopic (exact) mass is 134 g/mol. The van der Waals surface area contributed by atoms with Crippen molar-refractivity contribution in [1.82, 2.24) is 0 Å². The quantitative estimate of drug-likeness (QED) is 0.457. The van der Waals surface area contributed by atoms with E-state index in [1.807, 2.05) is 6.92 Å². The number of aliphatic imine (C=N–C) groups is 4. The van der Waals surface area contributed by atoms with Crippen molar-refractivity contribution in [2.75, 3.05) is 0 Å². The highest BCUT2D eigenvalue weighted by Crippen LogP contribution is 2.06. The van der Waals surface area contributed by atoms with E-state index >= 15 is 0 Å². The molecule has 0 saturated carbocycles. The maximum absolute atomic E-state index is 4.16. The Morgan fingerprint density at radius 3 is 3.20 bits per heavy atom. The Bertz CT molecular complexity index is 271. The molecule has 0 aliphatic carbocycles. The van der Waals surface area contributed by atoms with Gasteiger partial charge in [-0.05, 0) is 6.92 Å². The molecule has 2 aliphatic rings. The van der Waals surface area contributed by atoms with E-state index < -0.39 is 0 Å². The van der Waals surface area contributed by atoms with E-state index in [9.17, 15) is 0 Å². The van der Waals surface area contributed by atoms with Crippen LogP contribution in [0.15, 0.2) is 20.0 Å². The van der Waals surface area contributed by atoms with Crippen molar-refractivity contribution in [1.29, 1.82) is 0 Å². The average Bonchev–Trinajstić information content (AvgIpc) is 2.27. The van der Waals surface area contributed by atoms with Gasteiger partial charge in [-0.1, -0.05) is 0 Å². The minimum Gasteiger partial charge on any atom is -0.253 e. The molecular weight excluding hydrogens is 128 g/mol. The zero-order valence-corrected chi connectivity index (χ0v) is 5.52. The van der Waals surface area contributed by atoms with Gasteiger partial charge in [0.25, 0.3) is 0 Å². The molecule has 2 aliphatic heterocycles. The number of nitrogens with zero attached hydrogens (tertiary/aromatic N) is 4. The molecular formula is C6H6N4. The summed E-state index contributed by atoms with van der Waals surface area (Å²) in [6.45, 7) is 1.86. The first kappa shape index (κ1) is 5.46. The summed E-state index contributed by atoms with van der Waals surface area (Å²) in [6.07, 6.45) is 3.23. The fourth-order valence-corrected chi connectivity index (χ4v) is 0.938. The lowest BCUT2D eigenvalue weighted by Crippen LogP contribution is -2.17. The van der Waals surface area contributed by atoms with Crippen LogP contribution in [0.5, 0.6) is 0 Å². The summed E-state index contributed by atoms with van der Waals surface area (Å²) in [7, 11) is 0. The van der Waals surface area contributed by atoms with Gasteiger partial charge in [-0.2, -0.15) is 0 Å². The molecule has 0 aromatic heterocycles. The van der Waals surface area contributed by atoms with Gasteiger partial charge in [0.05, 0.1) is 0 Å². The topological polar surface area (TPSA) is 49.4 Å². The molecule has 0 bridgehead atoms. The summed E-state index contributed by atoms with van der Waals surface area (Å²) in [6, 6.07) is -0.00926. The van der Waals surface area contributed by atoms with Crippen molar-refractivity contribution in [3.63, 3.8) is 0 Å². The van der Waals surface area contributed by atoms with Crippen LogP contribution in [0.3, 0.4) is 0 Å². The molecule has 4 heteroatoms.